The van der Waals surface area contributed by atoms with Crippen LogP contribution in [-0.4, -0.2) is 17.8 Å². The third-order valence-corrected chi connectivity index (χ3v) is 0.840. The summed E-state index contributed by atoms with van der Waals surface area (Å²) in [6.45, 7) is 7.38. The Balaban J connectivity index is 0.000000461. The molecule has 0 fully saturated rings. The zero-order valence-electron chi connectivity index (χ0n) is 6.76. The maximum Gasteiger partial charge on any atom is 0.173 e. The van der Waals surface area contributed by atoms with Crippen LogP contribution in [0.4, 0.5) is 0 Å². The molecule has 1 aliphatic rings. The van der Waals surface area contributed by atoms with Crippen LogP contribution in [0.1, 0.15) is 13.8 Å². The molecule has 1 aliphatic heterocycles. The van der Waals surface area contributed by atoms with Crippen molar-refractivity contribution < 1.29 is 0 Å². The molecule has 1 heterocycles. The van der Waals surface area contributed by atoms with Crippen molar-refractivity contribution in [1.82, 2.24) is 5.43 Å². The molecule has 0 saturated heterocycles. The lowest BCUT2D eigenvalue weighted by Crippen LogP contribution is -2.18. The highest BCUT2D eigenvalue weighted by molar-refractivity contribution is 6.63. The fraction of sp³-hybridized carbons (Fsp3) is 0.286. The molecule has 4 nitrogen and oxygen atoms in total. The second-order valence-electron chi connectivity index (χ2n) is 1.44. The van der Waals surface area contributed by atoms with Gasteiger partial charge in [0.05, 0.1) is 6.21 Å². The van der Waals surface area contributed by atoms with Crippen LogP contribution in [0.25, 0.3) is 0 Å². The average molecular weight is 152 g/mol. The zero-order chi connectivity index (χ0) is 8.69. The van der Waals surface area contributed by atoms with Crippen molar-refractivity contribution >= 4 is 17.8 Å². The number of hydrogen-bond acceptors (Lipinski definition) is 3. The van der Waals surface area contributed by atoms with E-state index in [9.17, 15) is 0 Å². The van der Waals surface area contributed by atoms with Crippen molar-refractivity contribution in [2.24, 2.45) is 10.1 Å². The Labute approximate surface area is 66.2 Å². The molecule has 0 radical (unpaired) electrons. The van der Waals surface area contributed by atoms with E-state index in [4.69, 9.17) is 5.41 Å². The Morgan fingerprint density at radius 2 is 2.36 bits per heavy atom. The van der Waals surface area contributed by atoms with E-state index in [1.165, 1.54) is 12.4 Å². The van der Waals surface area contributed by atoms with Gasteiger partial charge in [0.2, 0.25) is 0 Å². The van der Waals surface area contributed by atoms with Gasteiger partial charge in [0.25, 0.3) is 0 Å². The van der Waals surface area contributed by atoms with E-state index in [-0.39, 0.29) is 5.71 Å². The van der Waals surface area contributed by atoms with E-state index in [1.54, 1.807) is 0 Å². The zero-order valence-corrected chi connectivity index (χ0v) is 6.76. The van der Waals surface area contributed by atoms with Gasteiger partial charge in [-0.25, -0.2) is 4.99 Å². The fourth-order valence-corrected chi connectivity index (χ4v) is 0.469. The van der Waals surface area contributed by atoms with E-state index in [2.05, 4.69) is 22.1 Å². The highest BCUT2D eigenvalue weighted by atomic mass is 15.3. The van der Waals surface area contributed by atoms with E-state index >= 15 is 0 Å². The quantitative estimate of drug-likeness (QED) is 0.582. The van der Waals surface area contributed by atoms with Gasteiger partial charge in [0.1, 0.15) is 5.71 Å². The monoisotopic (exact) mass is 152 g/mol. The Morgan fingerprint density at radius 1 is 1.73 bits per heavy atom. The van der Waals surface area contributed by atoms with Gasteiger partial charge in [-0.05, 0) is 0 Å². The minimum Gasteiger partial charge on any atom is -0.296 e. The van der Waals surface area contributed by atoms with Crippen LogP contribution in [0.3, 0.4) is 0 Å². The molecule has 0 aromatic heterocycles. The van der Waals surface area contributed by atoms with Crippen LogP contribution < -0.4 is 5.43 Å². The van der Waals surface area contributed by atoms with Gasteiger partial charge in [0, 0.05) is 6.20 Å². The molecule has 2 N–H and O–H groups in total. The first-order valence-corrected chi connectivity index (χ1v) is 3.41. The minimum absolute atomic E-state index is 0.287. The summed E-state index contributed by atoms with van der Waals surface area (Å²) in [6.07, 6.45) is 2.76. The minimum atomic E-state index is 0.287. The number of hydrazone groups is 1. The number of hydrogen-bond donors (Lipinski definition) is 2. The molecule has 0 bridgehead atoms. The summed E-state index contributed by atoms with van der Waals surface area (Å²) in [5, 5.41) is 10.7. The van der Waals surface area contributed by atoms with Gasteiger partial charge in [0.15, 0.2) is 5.84 Å². The lowest BCUT2D eigenvalue weighted by atomic mass is 10.4. The van der Waals surface area contributed by atoms with Crippen LogP contribution in [0, 0.1) is 5.41 Å². The van der Waals surface area contributed by atoms with Gasteiger partial charge in [-0.2, -0.15) is 5.10 Å². The first-order valence-electron chi connectivity index (χ1n) is 3.41. The van der Waals surface area contributed by atoms with E-state index in [0.717, 1.165) is 0 Å². The van der Waals surface area contributed by atoms with Crippen LogP contribution in [-0.2, 0) is 0 Å². The molecular formula is C7H12N4. The van der Waals surface area contributed by atoms with E-state index in [0.29, 0.717) is 5.84 Å². The first kappa shape index (κ1) is 9.55. The van der Waals surface area contributed by atoms with Gasteiger partial charge < -0.3 is 0 Å². The van der Waals surface area contributed by atoms with Gasteiger partial charge >= 0.3 is 0 Å². The summed E-state index contributed by atoms with van der Waals surface area (Å²) in [7, 11) is 0. The van der Waals surface area contributed by atoms with Crippen molar-refractivity contribution in [2.75, 3.05) is 0 Å². The number of amidine groups is 1. The molecule has 1 rings (SSSR count). The number of rotatable bonds is 1. The molecular weight excluding hydrogens is 140 g/mol. The maximum absolute atomic E-state index is 7.12. The largest absolute Gasteiger partial charge is 0.296 e. The Hall–Kier alpha value is -1.45. The molecule has 0 saturated carbocycles. The molecule has 0 aliphatic carbocycles. The van der Waals surface area contributed by atoms with Crippen LogP contribution >= 0.6 is 0 Å². The number of nitrogens with one attached hydrogen (secondary N) is 2. The molecule has 0 atom stereocenters. The summed E-state index contributed by atoms with van der Waals surface area (Å²) >= 11 is 0. The van der Waals surface area contributed by atoms with Crippen molar-refractivity contribution in [3.63, 3.8) is 0 Å². The molecule has 0 amide bonds. The summed E-state index contributed by atoms with van der Waals surface area (Å²) in [5.74, 6) is 0.449. The van der Waals surface area contributed by atoms with Crippen LogP contribution in [0.2, 0.25) is 0 Å². The van der Waals surface area contributed by atoms with Crippen molar-refractivity contribution in [2.45, 2.75) is 13.8 Å². The Bertz CT molecular complexity index is 202. The third kappa shape index (κ3) is 2.75. The first-order chi connectivity index (χ1) is 5.34. The van der Waals surface area contributed by atoms with Crippen LogP contribution in [0.5, 0.6) is 0 Å². The third-order valence-electron chi connectivity index (χ3n) is 0.840. The van der Waals surface area contributed by atoms with Gasteiger partial charge in [-0.3, -0.25) is 10.8 Å². The average Bonchev–Trinajstić information content (AvgIpc) is 2.42. The fourth-order valence-electron chi connectivity index (χ4n) is 0.469. The molecule has 0 spiro atoms. The Morgan fingerprint density at radius 3 is 2.73 bits per heavy atom. The molecule has 0 aromatic carbocycles. The summed E-state index contributed by atoms with van der Waals surface area (Å²) in [4.78, 5) is 3.72. The highest BCUT2D eigenvalue weighted by Gasteiger charge is 2.07. The molecule has 11 heavy (non-hydrogen) atoms. The van der Waals surface area contributed by atoms with Gasteiger partial charge in [-0.1, -0.05) is 20.4 Å². The molecule has 4 heteroatoms. The van der Waals surface area contributed by atoms with Crippen molar-refractivity contribution in [1.29, 1.82) is 5.41 Å². The number of aliphatic imine (C=N–C) groups is 1. The van der Waals surface area contributed by atoms with Crippen molar-refractivity contribution in [3.05, 3.63) is 12.8 Å². The predicted octanol–water partition coefficient (Wildman–Crippen LogP) is 1.16. The van der Waals surface area contributed by atoms with Crippen LogP contribution in [0.15, 0.2) is 22.9 Å². The molecule has 60 valence electrons. The van der Waals surface area contributed by atoms with Gasteiger partial charge in [-0.15, -0.1) is 0 Å². The normalized spacial score (nSPS) is 17.3. The molecule has 0 aromatic rings. The summed E-state index contributed by atoms with van der Waals surface area (Å²) in [5.41, 5.74) is 2.82. The predicted molar refractivity (Wildman–Crippen MR) is 48.3 cm³/mol. The second-order valence-corrected chi connectivity index (χ2v) is 1.44. The van der Waals surface area contributed by atoms with Crippen molar-refractivity contribution in [3.8, 4) is 0 Å². The van der Waals surface area contributed by atoms with E-state index in [1.807, 2.05) is 13.8 Å². The maximum atomic E-state index is 7.12. The molecule has 0 unspecified atom stereocenters. The lowest BCUT2D eigenvalue weighted by molar-refractivity contribution is 1.06. The second kappa shape index (κ2) is 5.34. The van der Waals surface area contributed by atoms with E-state index < -0.39 is 0 Å². The highest BCUT2D eigenvalue weighted by Crippen LogP contribution is 1.84. The SMILES string of the molecule is C=CN=C1NN=CC1=N.CC. The summed E-state index contributed by atoms with van der Waals surface area (Å²) < 4.78 is 0. The summed E-state index contributed by atoms with van der Waals surface area (Å²) in [6, 6.07) is 0. The Kier molecular flexibility index (Phi) is 4.64. The smallest absolute Gasteiger partial charge is 0.173 e. The standard InChI is InChI=1S/C5H6N4.C2H6/c1-2-7-5-4(6)3-8-9-5;1-2/h2-3H,1H2,(H2,6,7,9);1-2H3. The topological polar surface area (TPSA) is 60.6 Å². The lowest BCUT2D eigenvalue weighted by Gasteiger charge is -1.89. The number of nitrogens with zero attached hydrogens (tertiary/aromatic N) is 2.